The predicted molar refractivity (Wildman–Crippen MR) is 80.5 cm³/mol. The summed E-state index contributed by atoms with van der Waals surface area (Å²) in [7, 11) is 0. The summed E-state index contributed by atoms with van der Waals surface area (Å²) in [5.41, 5.74) is 1.15. The zero-order chi connectivity index (χ0) is 14.8. The number of aryl methyl sites for hydroxylation is 2. The third-order valence-corrected chi connectivity index (χ3v) is 5.60. The van der Waals surface area contributed by atoms with E-state index in [1.807, 2.05) is 0 Å². The van der Waals surface area contributed by atoms with Crippen molar-refractivity contribution in [2.24, 2.45) is 11.8 Å². The number of hydrogen-bond donors (Lipinski definition) is 2. The quantitative estimate of drug-likeness (QED) is 0.900. The van der Waals surface area contributed by atoms with E-state index < -0.39 is 5.97 Å². The average molecular weight is 308 g/mol. The van der Waals surface area contributed by atoms with Gasteiger partial charge in [-0.15, -0.1) is 11.3 Å². The van der Waals surface area contributed by atoms with Gasteiger partial charge in [0.15, 0.2) is 5.13 Å². The number of rotatable bonds is 3. The van der Waals surface area contributed by atoms with E-state index in [2.05, 4.69) is 10.3 Å². The number of hydrogen-bond acceptors (Lipinski definition) is 4. The topological polar surface area (TPSA) is 79.3 Å². The first-order valence-electron chi connectivity index (χ1n) is 7.65. The van der Waals surface area contributed by atoms with Crippen molar-refractivity contribution in [3.05, 3.63) is 10.6 Å². The molecule has 0 radical (unpaired) electrons. The average Bonchev–Trinajstić information content (AvgIpc) is 2.89. The Bertz CT molecular complexity index is 524. The molecule has 0 saturated heterocycles. The third kappa shape index (κ3) is 3.26. The van der Waals surface area contributed by atoms with Gasteiger partial charge in [-0.25, -0.2) is 4.98 Å². The van der Waals surface area contributed by atoms with E-state index in [0.29, 0.717) is 30.8 Å². The summed E-state index contributed by atoms with van der Waals surface area (Å²) in [6.45, 7) is 0. The number of amides is 1. The first-order chi connectivity index (χ1) is 10.1. The lowest BCUT2D eigenvalue weighted by Crippen LogP contribution is -2.29. The highest BCUT2D eigenvalue weighted by Gasteiger charge is 2.30. The van der Waals surface area contributed by atoms with Crippen LogP contribution in [0.4, 0.5) is 5.13 Å². The Morgan fingerprint density at radius 2 is 1.76 bits per heavy atom. The molecule has 1 aromatic rings. The van der Waals surface area contributed by atoms with Crippen molar-refractivity contribution >= 4 is 28.3 Å². The van der Waals surface area contributed by atoms with Crippen molar-refractivity contribution in [3.63, 3.8) is 0 Å². The van der Waals surface area contributed by atoms with Crippen molar-refractivity contribution in [3.8, 4) is 0 Å². The molecule has 0 unspecified atom stereocenters. The van der Waals surface area contributed by atoms with Crippen molar-refractivity contribution in [1.82, 2.24) is 4.98 Å². The molecule has 0 atom stereocenters. The molecule has 1 fully saturated rings. The van der Waals surface area contributed by atoms with Gasteiger partial charge in [0.2, 0.25) is 5.91 Å². The Hall–Kier alpha value is -1.43. The molecule has 1 heterocycles. The van der Waals surface area contributed by atoms with Crippen LogP contribution in [0.15, 0.2) is 0 Å². The fraction of sp³-hybridized carbons (Fsp3) is 0.667. The molecule has 21 heavy (non-hydrogen) atoms. The standard InChI is InChI=1S/C15H20N2O3S/c18-13(9-5-7-10(8-6-9)14(19)20)17-15-16-11-3-1-2-4-12(11)21-15/h9-10H,1-8H2,(H,19,20)(H,16,17,18). The van der Waals surface area contributed by atoms with Crippen LogP contribution in [0.3, 0.4) is 0 Å². The molecule has 0 spiro atoms. The van der Waals surface area contributed by atoms with Crippen LogP contribution in [0, 0.1) is 11.8 Å². The number of carbonyl (C=O) groups is 2. The normalized spacial score (nSPS) is 25.1. The Labute approximate surface area is 127 Å². The number of carboxylic acids is 1. The number of nitrogens with one attached hydrogen (secondary N) is 1. The summed E-state index contributed by atoms with van der Waals surface area (Å²) in [5.74, 6) is -1.07. The van der Waals surface area contributed by atoms with Crippen LogP contribution in [0.1, 0.15) is 49.1 Å². The summed E-state index contributed by atoms with van der Waals surface area (Å²) in [6.07, 6.45) is 7.01. The number of anilines is 1. The fourth-order valence-electron chi connectivity index (χ4n) is 3.22. The van der Waals surface area contributed by atoms with E-state index in [1.54, 1.807) is 11.3 Å². The zero-order valence-electron chi connectivity index (χ0n) is 11.9. The molecule has 0 aliphatic heterocycles. The lowest BCUT2D eigenvalue weighted by molar-refractivity contribution is -0.143. The second-order valence-electron chi connectivity index (χ2n) is 5.97. The zero-order valence-corrected chi connectivity index (χ0v) is 12.7. The Kier molecular flexibility index (Phi) is 4.24. The van der Waals surface area contributed by atoms with Crippen LogP contribution in [0.5, 0.6) is 0 Å². The van der Waals surface area contributed by atoms with E-state index in [0.717, 1.165) is 18.5 Å². The van der Waals surface area contributed by atoms with Gasteiger partial charge in [-0.2, -0.15) is 0 Å². The molecule has 0 bridgehead atoms. The van der Waals surface area contributed by atoms with Crippen molar-refractivity contribution in [1.29, 1.82) is 0 Å². The van der Waals surface area contributed by atoms with Crippen molar-refractivity contribution in [2.45, 2.75) is 51.4 Å². The van der Waals surface area contributed by atoms with Gasteiger partial charge >= 0.3 is 5.97 Å². The fourth-order valence-corrected chi connectivity index (χ4v) is 4.27. The smallest absolute Gasteiger partial charge is 0.306 e. The Balaban J connectivity index is 1.57. The number of aliphatic carboxylic acids is 1. The molecule has 1 amide bonds. The number of thiazole rings is 1. The molecule has 114 valence electrons. The highest BCUT2D eigenvalue weighted by Crippen LogP contribution is 2.32. The maximum absolute atomic E-state index is 12.3. The van der Waals surface area contributed by atoms with Gasteiger partial charge in [0.05, 0.1) is 11.6 Å². The molecule has 2 aliphatic rings. The minimum absolute atomic E-state index is 0.00457. The number of aromatic nitrogens is 1. The van der Waals surface area contributed by atoms with Gasteiger partial charge in [0.1, 0.15) is 0 Å². The predicted octanol–water partition coefficient (Wildman–Crippen LogP) is 2.85. The summed E-state index contributed by atoms with van der Waals surface area (Å²) in [5, 5.41) is 12.6. The second-order valence-corrected chi connectivity index (χ2v) is 7.06. The maximum Gasteiger partial charge on any atom is 0.306 e. The molecular formula is C15H20N2O3S. The molecule has 1 saturated carbocycles. The van der Waals surface area contributed by atoms with E-state index in [-0.39, 0.29) is 17.7 Å². The lowest BCUT2D eigenvalue weighted by atomic mass is 9.81. The van der Waals surface area contributed by atoms with Gasteiger partial charge < -0.3 is 10.4 Å². The monoisotopic (exact) mass is 308 g/mol. The molecule has 2 aliphatic carbocycles. The molecule has 2 N–H and O–H groups in total. The molecule has 0 aromatic carbocycles. The van der Waals surface area contributed by atoms with Crippen LogP contribution >= 0.6 is 11.3 Å². The van der Waals surface area contributed by atoms with Crippen LogP contribution < -0.4 is 5.32 Å². The largest absolute Gasteiger partial charge is 0.481 e. The first-order valence-corrected chi connectivity index (χ1v) is 8.47. The molecule has 5 nitrogen and oxygen atoms in total. The van der Waals surface area contributed by atoms with Crippen LogP contribution in [0.25, 0.3) is 0 Å². The summed E-state index contributed by atoms with van der Waals surface area (Å²) in [4.78, 5) is 29.0. The molecule has 6 heteroatoms. The SMILES string of the molecule is O=C(O)C1CCC(C(=O)Nc2nc3c(s2)CCCC3)CC1. The van der Waals surface area contributed by atoms with Gasteiger partial charge in [-0.3, -0.25) is 9.59 Å². The minimum atomic E-state index is -0.735. The molecule has 3 rings (SSSR count). The van der Waals surface area contributed by atoms with E-state index in [4.69, 9.17) is 5.11 Å². The van der Waals surface area contributed by atoms with E-state index >= 15 is 0 Å². The van der Waals surface area contributed by atoms with E-state index in [1.165, 1.54) is 17.7 Å². The number of fused-ring (bicyclic) bond motifs is 1. The third-order valence-electron chi connectivity index (χ3n) is 4.52. The van der Waals surface area contributed by atoms with Crippen LogP contribution in [-0.2, 0) is 22.4 Å². The number of nitrogens with zero attached hydrogens (tertiary/aromatic N) is 1. The molecular weight excluding hydrogens is 288 g/mol. The summed E-state index contributed by atoms with van der Waals surface area (Å²) < 4.78 is 0. The minimum Gasteiger partial charge on any atom is -0.481 e. The van der Waals surface area contributed by atoms with Crippen LogP contribution in [-0.4, -0.2) is 22.0 Å². The molecule has 1 aromatic heterocycles. The van der Waals surface area contributed by atoms with Gasteiger partial charge in [0, 0.05) is 10.8 Å². The maximum atomic E-state index is 12.3. The number of carboxylic acid groups (broad SMARTS) is 1. The van der Waals surface area contributed by atoms with Crippen LogP contribution in [0.2, 0.25) is 0 Å². The van der Waals surface area contributed by atoms with Crippen molar-refractivity contribution < 1.29 is 14.7 Å². The highest BCUT2D eigenvalue weighted by molar-refractivity contribution is 7.15. The van der Waals surface area contributed by atoms with Gasteiger partial charge in [-0.1, -0.05) is 0 Å². The Morgan fingerprint density at radius 1 is 1.10 bits per heavy atom. The van der Waals surface area contributed by atoms with Gasteiger partial charge in [-0.05, 0) is 51.4 Å². The van der Waals surface area contributed by atoms with Crippen molar-refractivity contribution in [2.75, 3.05) is 5.32 Å². The second kappa shape index (κ2) is 6.13. The lowest BCUT2D eigenvalue weighted by Gasteiger charge is -2.24. The Morgan fingerprint density at radius 3 is 2.43 bits per heavy atom. The summed E-state index contributed by atoms with van der Waals surface area (Å²) >= 11 is 1.60. The highest BCUT2D eigenvalue weighted by atomic mass is 32.1. The van der Waals surface area contributed by atoms with E-state index in [9.17, 15) is 9.59 Å². The van der Waals surface area contributed by atoms with Gasteiger partial charge in [0.25, 0.3) is 0 Å². The first kappa shape index (κ1) is 14.5. The number of carbonyl (C=O) groups excluding carboxylic acids is 1. The summed E-state index contributed by atoms with van der Waals surface area (Å²) in [6, 6.07) is 0.